The van der Waals surface area contributed by atoms with Crippen molar-refractivity contribution in [1.29, 1.82) is 0 Å². The molecule has 8 heteroatoms. The highest BCUT2D eigenvalue weighted by atomic mass is 35.5. The van der Waals surface area contributed by atoms with Gasteiger partial charge < -0.3 is 14.8 Å². The third kappa shape index (κ3) is 5.34. The van der Waals surface area contributed by atoms with Crippen molar-refractivity contribution in [2.75, 3.05) is 5.32 Å². The summed E-state index contributed by atoms with van der Waals surface area (Å²) >= 11 is 11.2. The van der Waals surface area contributed by atoms with Gasteiger partial charge in [0.05, 0.1) is 11.3 Å². The lowest BCUT2D eigenvalue weighted by molar-refractivity contribution is -0.115. The van der Waals surface area contributed by atoms with E-state index in [1.165, 1.54) is 18.2 Å². The monoisotopic (exact) mass is 440 g/mol. The normalized spacial score (nSPS) is 10.7. The molecular weight excluding hydrogens is 424 g/mol. The molecule has 0 aliphatic carbocycles. The summed E-state index contributed by atoms with van der Waals surface area (Å²) < 4.78 is 5.72. The molecule has 0 saturated carbocycles. The number of para-hydroxylation sites is 1. The van der Waals surface area contributed by atoms with E-state index >= 15 is 0 Å². The molecule has 3 aromatic rings. The SMILES string of the molecule is Cc1ccc(-c2ccc(/C=C/C(=O)NC(=S)Nc3ccccc3C(=O)O)o2)cc1Cl. The van der Waals surface area contributed by atoms with Crippen LogP contribution < -0.4 is 10.6 Å². The van der Waals surface area contributed by atoms with Crippen molar-refractivity contribution in [3.05, 3.63) is 82.6 Å². The molecule has 0 fully saturated rings. The summed E-state index contributed by atoms with van der Waals surface area (Å²) in [5.41, 5.74) is 2.13. The molecule has 0 unspecified atom stereocenters. The fraction of sp³-hybridized carbons (Fsp3) is 0.0455. The number of amides is 1. The molecule has 0 saturated heterocycles. The van der Waals surface area contributed by atoms with Gasteiger partial charge in [-0.3, -0.25) is 10.1 Å². The molecule has 0 radical (unpaired) electrons. The van der Waals surface area contributed by atoms with Gasteiger partial charge in [-0.15, -0.1) is 0 Å². The van der Waals surface area contributed by atoms with Crippen molar-refractivity contribution in [2.24, 2.45) is 0 Å². The van der Waals surface area contributed by atoms with Crippen molar-refractivity contribution in [3.63, 3.8) is 0 Å². The van der Waals surface area contributed by atoms with E-state index in [2.05, 4.69) is 10.6 Å². The number of anilines is 1. The number of halogens is 1. The van der Waals surface area contributed by atoms with Gasteiger partial charge in [-0.05, 0) is 61.1 Å². The highest BCUT2D eigenvalue weighted by Gasteiger charge is 2.11. The number of carboxylic acid groups (broad SMARTS) is 1. The minimum absolute atomic E-state index is 0.0206. The van der Waals surface area contributed by atoms with Crippen LogP contribution in [0.3, 0.4) is 0 Å². The lowest BCUT2D eigenvalue weighted by Gasteiger charge is -2.10. The van der Waals surface area contributed by atoms with E-state index in [0.29, 0.717) is 16.5 Å². The van der Waals surface area contributed by atoms with Crippen LogP contribution in [0.2, 0.25) is 5.02 Å². The maximum Gasteiger partial charge on any atom is 0.337 e. The van der Waals surface area contributed by atoms with E-state index in [0.717, 1.165) is 11.1 Å². The van der Waals surface area contributed by atoms with E-state index < -0.39 is 11.9 Å². The number of aryl methyl sites for hydroxylation is 1. The molecular formula is C22H17ClN2O4S. The number of carbonyl (C=O) groups excluding carboxylic acids is 1. The van der Waals surface area contributed by atoms with Crippen molar-refractivity contribution >= 4 is 52.6 Å². The Balaban J connectivity index is 1.61. The Labute approximate surface area is 183 Å². The van der Waals surface area contributed by atoms with Crippen LogP contribution in [0.1, 0.15) is 21.7 Å². The van der Waals surface area contributed by atoms with E-state index in [1.807, 2.05) is 25.1 Å². The van der Waals surface area contributed by atoms with Gasteiger partial charge in [0.15, 0.2) is 5.11 Å². The molecule has 2 aromatic carbocycles. The van der Waals surface area contributed by atoms with Crippen LogP contribution in [0.4, 0.5) is 5.69 Å². The minimum Gasteiger partial charge on any atom is -0.478 e. The Bertz CT molecular complexity index is 1150. The maximum atomic E-state index is 12.1. The topological polar surface area (TPSA) is 91.6 Å². The van der Waals surface area contributed by atoms with Gasteiger partial charge in [-0.25, -0.2) is 4.79 Å². The van der Waals surface area contributed by atoms with Gasteiger partial charge in [-0.2, -0.15) is 0 Å². The number of benzene rings is 2. The first-order valence-electron chi connectivity index (χ1n) is 8.82. The predicted octanol–water partition coefficient (Wildman–Crippen LogP) is 5.13. The largest absolute Gasteiger partial charge is 0.478 e. The molecule has 1 amide bonds. The number of furan rings is 1. The van der Waals surface area contributed by atoms with E-state index in [4.69, 9.17) is 28.2 Å². The van der Waals surface area contributed by atoms with Crippen LogP contribution in [-0.4, -0.2) is 22.1 Å². The van der Waals surface area contributed by atoms with E-state index in [9.17, 15) is 14.7 Å². The number of carbonyl (C=O) groups is 2. The summed E-state index contributed by atoms with van der Waals surface area (Å²) in [7, 11) is 0. The Morgan fingerprint density at radius 3 is 2.63 bits per heavy atom. The van der Waals surface area contributed by atoms with Crippen LogP contribution >= 0.6 is 23.8 Å². The number of rotatable bonds is 5. The molecule has 0 aliphatic rings. The van der Waals surface area contributed by atoms with Gasteiger partial charge in [0.25, 0.3) is 0 Å². The average molecular weight is 441 g/mol. The number of thiocarbonyl (C=S) groups is 1. The van der Waals surface area contributed by atoms with Crippen LogP contribution in [0.5, 0.6) is 0 Å². The summed E-state index contributed by atoms with van der Waals surface area (Å²) in [5, 5.41) is 15.0. The first kappa shape index (κ1) is 21.3. The first-order chi connectivity index (χ1) is 14.3. The van der Waals surface area contributed by atoms with Gasteiger partial charge in [-0.1, -0.05) is 35.9 Å². The Morgan fingerprint density at radius 1 is 1.13 bits per heavy atom. The molecule has 0 spiro atoms. The quantitative estimate of drug-likeness (QED) is 0.376. The summed E-state index contributed by atoms with van der Waals surface area (Å²) in [6, 6.07) is 15.4. The highest BCUT2D eigenvalue weighted by molar-refractivity contribution is 7.80. The Morgan fingerprint density at radius 2 is 1.90 bits per heavy atom. The molecule has 0 aliphatic heterocycles. The van der Waals surface area contributed by atoms with E-state index in [1.54, 1.807) is 30.3 Å². The smallest absolute Gasteiger partial charge is 0.337 e. The molecule has 6 nitrogen and oxygen atoms in total. The molecule has 3 rings (SSSR count). The number of hydrogen-bond donors (Lipinski definition) is 3. The molecule has 152 valence electrons. The number of nitrogens with one attached hydrogen (secondary N) is 2. The highest BCUT2D eigenvalue weighted by Crippen LogP contribution is 2.27. The zero-order chi connectivity index (χ0) is 21.7. The number of aromatic carboxylic acids is 1. The lowest BCUT2D eigenvalue weighted by Crippen LogP contribution is -2.33. The van der Waals surface area contributed by atoms with Crippen LogP contribution in [0, 0.1) is 6.92 Å². The van der Waals surface area contributed by atoms with Crippen LogP contribution in [0.25, 0.3) is 17.4 Å². The fourth-order valence-corrected chi connectivity index (χ4v) is 2.98. The zero-order valence-corrected chi connectivity index (χ0v) is 17.4. The van der Waals surface area contributed by atoms with Crippen molar-refractivity contribution in [3.8, 4) is 11.3 Å². The Kier molecular flexibility index (Phi) is 6.66. The van der Waals surface area contributed by atoms with Crippen molar-refractivity contribution in [1.82, 2.24) is 5.32 Å². The molecule has 30 heavy (non-hydrogen) atoms. The molecule has 1 heterocycles. The Hall–Kier alpha value is -3.42. The third-order valence-electron chi connectivity index (χ3n) is 4.12. The molecule has 1 aromatic heterocycles. The zero-order valence-electron chi connectivity index (χ0n) is 15.8. The standard InChI is InChI=1S/C22H17ClN2O4S/c1-13-6-7-14(12-17(13)23)19-10-8-15(29-19)9-11-20(26)25-22(30)24-18-5-3-2-4-16(18)21(27)28/h2-12H,1H3,(H,27,28)(H2,24,25,26,30)/b11-9+. The third-order valence-corrected chi connectivity index (χ3v) is 4.74. The summed E-state index contributed by atoms with van der Waals surface area (Å²) in [4.78, 5) is 23.3. The maximum absolute atomic E-state index is 12.1. The lowest BCUT2D eigenvalue weighted by atomic mass is 10.1. The molecule has 0 bridgehead atoms. The number of carboxylic acids is 1. The van der Waals surface area contributed by atoms with Gasteiger partial charge in [0.1, 0.15) is 11.5 Å². The summed E-state index contributed by atoms with van der Waals surface area (Å²) in [5.74, 6) is -0.487. The molecule has 0 atom stereocenters. The van der Waals surface area contributed by atoms with Crippen molar-refractivity contribution in [2.45, 2.75) is 6.92 Å². The second kappa shape index (κ2) is 9.39. The van der Waals surface area contributed by atoms with Crippen LogP contribution in [-0.2, 0) is 4.79 Å². The molecule has 3 N–H and O–H groups in total. The van der Waals surface area contributed by atoms with Gasteiger partial charge in [0.2, 0.25) is 5.91 Å². The summed E-state index contributed by atoms with van der Waals surface area (Å²) in [6.45, 7) is 1.92. The van der Waals surface area contributed by atoms with Crippen LogP contribution in [0.15, 0.2) is 65.1 Å². The summed E-state index contributed by atoms with van der Waals surface area (Å²) in [6.07, 6.45) is 2.77. The predicted molar refractivity (Wildman–Crippen MR) is 121 cm³/mol. The first-order valence-corrected chi connectivity index (χ1v) is 9.61. The van der Waals surface area contributed by atoms with Gasteiger partial charge in [0, 0.05) is 16.7 Å². The fourth-order valence-electron chi connectivity index (χ4n) is 2.59. The van der Waals surface area contributed by atoms with Crippen molar-refractivity contribution < 1.29 is 19.1 Å². The minimum atomic E-state index is -1.10. The van der Waals surface area contributed by atoms with E-state index in [-0.39, 0.29) is 16.4 Å². The second-order valence-electron chi connectivity index (χ2n) is 6.29. The van der Waals surface area contributed by atoms with Gasteiger partial charge >= 0.3 is 5.97 Å². The second-order valence-corrected chi connectivity index (χ2v) is 7.11. The number of hydrogen-bond acceptors (Lipinski definition) is 4. The average Bonchev–Trinajstić information content (AvgIpc) is 3.18.